The number of aromatic nitrogens is 2. The quantitative estimate of drug-likeness (QED) is 0.386. The summed E-state index contributed by atoms with van der Waals surface area (Å²) in [6, 6.07) is 12.6. The minimum Gasteiger partial charge on any atom is -0.354 e. The van der Waals surface area contributed by atoms with Crippen molar-refractivity contribution >= 4 is 11.6 Å². The Morgan fingerprint density at radius 3 is 2.74 bits per heavy atom. The molecule has 0 aliphatic carbocycles. The van der Waals surface area contributed by atoms with Crippen LogP contribution in [0.25, 0.3) is 11.1 Å². The number of ether oxygens (including phenoxy) is 1. The lowest BCUT2D eigenvalue weighted by Crippen LogP contribution is -2.33. The van der Waals surface area contributed by atoms with E-state index >= 15 is 0 Å². The van der Waals surface area contributed by atoms with E-state index in [1.54, 1.807) is 17.0 Å². The number of halogens is 1. The molecule has 1 aliphatic rings. The second-order valence-electron chi connectivity index (χ2n) is 8.35. The fourth-order valence-electron chi connectivity index (χ4n) is 3.94. The number of nitrogens with zero attached hydrogens (tertiary/aromatic N) is 2. The van der Waals surface area contributed by atoms with Crippen LogP contribution in [0.5, 0.6) is 0 Å². The summed E-state index contributed by atoms with van der Waals surface area (Å²) in [6.45, 7) is 5.50. The van der Waals surface area contributed by atoms with Crippen molar-refractivity contribution in [3.8, 4) is 11.1 Å². The molecule has 0 spiro atoms. The average molecular weight is 468 g/mol. The Bertz CT molecular complexity index is 1120. The van der Waals surface area contributed by atoms with Crippen molar-refractivity contribution in [2.45, 2.75) is 45.9 Å². The van der Waals surface area contributed by atoms with Crippen LogP contribution >= 0.6 is 0 Å². The van der Waals surface area contributed by atoms with Crippen LogP contribution in [-0.2, 0) is 29.0 Å². The number of aryl methyl sites for hydroxylation is 1. The van der Waals surface area contributed by atoms with Gasteiger partial charge in [0.15, 0.2) is 0 Å². The first kappa shape index (κ1) is 23.9. The van der Waals surface area contributed by atoms with Gasteiger partial charge in [-0.25, -0.2) is 9.37 Å². The van der Waals surface area contributed by atoms with Crippen LogP contribution in [-0.4, -0.2) is 46.6 Å². The minimum atomic E-state index is -1.19. The molecule has 0 radical (unpaired) electrons. The third-order valence-electron chi connectivity index (χ3n) is 5.77. The maximum Gasteiger partial charge on any atom is 0.238 e. The molecule has 9 heteroatoms. The number of carbonyl (C=O) groups is 1. The Labute approximate surface area is 198 Å². The van der Waals surface area contributed by atoms with E-state index in [0.29, 0.717) is 30.9 Å². The number of hydrogen-bond donors (Lipinski definition) is 4. The fourth-order valence-corrected chi connectivity index (χ4v) is 3.94. The van der Waals surface area contributed by atoms with Crippen LogP contribution in [0.1, 0.15) is 30.9 Å². The molecule has 0 bridgehead atoms. The molecule has 4 N–H and O–H groups in total. The number of nitrogens with one attached hydrogen (secondary N) is 3. The second kappa shape index (κ2) is 10.8. The van der Waals surface area contributed by atoms with Gasteiger partial charge in [-0.05, 0) is 29.3 Å². The van der Waals surface area contributed by atoms with Crippen LogP contribution < -0.4 is 15.5 Å². The molecule has 4 rings (SSSR count). The van der Waals surface area contributed by atoms with Gasteiger partial charge in [-0.1, -0.05) is 31.2 Å². The Hall–Kier alpha value is -3.27. The molecule has 1 amide bonds. The van der Waals surface area contributed by atoms with Crippen molar-refractivity contribution in [1.29, 1.82) is 0 Å². The Morgan fingerprint density at radius 2 is 2.06 bits per heavy atom. The van der Waals surface area contributed by atoms with E-state index in [1.807, 2.05) is 30.5 Å². The molecule has 180 valence electrons. The van der Waals surface area contributed by atoms with E-state index < -0.39 is 6.41 Å². The third kappa shape index (κ3) is 5.80. The summed E-state index contributed by atoms with van der Waals surface area (Å²) < 4.78 is 20.4. The van der Waals surface area contributed by atoms with Crippen molar-refractivity contribution in [3.05, 3.63) is 71.6 Å². The normalized spacial score (nSPS) is 17.8. The summed E-state index contributed by atoms with van der Waals surface area (Å²) in [7, 11) is 0. The lowest BCUT2D eigenvalue weighted by Gasteiger charge is -2.21. The lowest BCUT2D eigenvalue weighted by atomic mass is 10.0. The molecule has 34 heavy (non-hydrogen) atoms. The molecule has 1 saturated heterocycles. The Balaban J connectivity index is 1.35. The molecule has 1 aromatic heterocycles. The minimum absolute atomic E-state index is 0.169. The molecular formula is C25H30FN5O3. The fraction of sp³-hybridized carbons (Fsp3) is 0.360. The van der Waals surface area contributed by atoms with Gasteiger partial charge in [-0.15, -0.1) is 0 Å². The average Bonchev–Trinajstić information content (AvgIpc) is 3.44. The maximum absolute atomic E-state index is 15.0. The van der Waals surface area contributed by atoms with E-state index in [-0.39, 0.29) is 24.4 Å². The van der Waals surface area contributed by atoms with E-state index in [9.17, 15) is 14.3 Å². The van der Waals surface area contributed by atoms with Crippen molar-refractivity contribution < 1.29 is 19.0 Å². The molecule has 0 saturated carbocycles. The maximum atomic E-state index is 15.0. The third-order valence-corrected chi connectivity index (χ3v) is 5.77. The predicted octanol–water partition coefficient (Wildman–Crippen LogP) is 2.69. The highest BCUT2D eigenvalue weighted by molar-refractivity contribution is 5.72. The van der Waals surface area contributed by atoms with Gasteiger partial charge in [0.05, 0.1) is 12.6 Å². The van der Waals surface area contributed by atoms with Gasteiger partial charge in [0, 0.05) is 56.1 Å². The molecule has 2 heterocycles. The Morgan fingerprint density at radius 1 is 1.26 bits per heavy atom. The van der Waals surface area contributed by atoms with Crippen LogP contribution in [0.4, 0.5) is 10.1 Å². The highest BCUT2D eigenvalue weighted by Crippen LogP contribution is 2.30. The number of aliphatic hydroxyl groups excluding tert-OH is 1. The van der Waals surface area contributed by atoms with Gasteiger partial charge >= 0.3 is 0 Å². The van der Waals surface area contributed by atoms with Gasteiger partial charge in [-0.2, -0.15) is 0 Å². The summed E-state index contributed by atoms with van der Waals surface area (Å²) >= 11 is 0. The van der Waals surface area contributed by atoms with Crippen LogP contribution in [0, 0.1) is 5.82 Å². The molecule has 1 fully saturated rings. The number of aromatic amines is 1. The highest BCUT2D eigenvalue weighted by Gasteiger charge is 2.32. The number of rotatable bonds is 9. The van der Waals surface area contributed by atoms with Crippen LogP contribution in [0.2, 0.25) is 0 Å². The smallest absolute Gasteiger partial charge is 0.238 e. The number of carbonyl (C=O) groups excluding carboxylic acids is 1. The molecule has 2 aromatic carbocycles. The van der Waals surface area contributed by atoms with E-state index in [0.717, 1.165) is 29.1 Å². The number of imidazole rings is 1. The van der Waals surface area contributed by atoms with Gasteiger partial charge < -0.3 is 30.4 Å². The molecule has 1 unspecified atom stereocenters. The zero-order valence-corrected chi connectivity index (χ0v) is 19.3. The van der Waals surface area contributed by atoms with Crippen molar-refractivity contribution in [1.82, 2.24) is 20.6 Å². The first-order valence-corrected chi connectivity index (χ1v) is 11.4. The van der Waals surface area contributed by atoms with Crippen molar-refractivity contribution in [2.75, 3.05) is 18.0 Å². The van der Waals surface area contributed by atoms with Crippen LogP contribution in [0.15, 0.2) is 48.7 Å². The summed E-state index contributed by atoms with van der Waals surface area (Å²) in [6.07, 6.45) is 1.17. The van der Waals surface area contributed by atoms with Gasteiger partial charge in [0.25, 0.3) is 0 Å². The molecule has 8 nitrogen and oxygen atoms in total. The summed E-state index contributed by atoms with van der Waals surface area (Å²) in [5.74, 6) is 0.426. The zero-order valence-electron chi connectivity index (χ0n) is 19.3. The van der Waals surface area contributed by atoms with Crippen molar-refractivity contribution in [3.63, 3.8) is 0 Å². The number of benzene rings is 2. The first-order valence-electron chi connectivity index (χ1n) is 11.4. The van der Waals surface area contributed by atoms with Crippen LogP contribution in [0.3, 0.4) is 0 Å². The van der Waals surface area contributed by atoms with Gasteiger partial charge in [0.1, 0.15) is 11.6 Å². The predicted molar refractivity (Wildman–Crippen MR) is 127 cm³/mol. The number of H-pyrrole nitrogens is 1. The standard InChI is InChI=1S/C25H30FN5O3/c1-3-24-29-13-19(30-24)12-27-11-17-4-6-18(7-5-17)22-9-8-20(10-23(22)26)31-15-21(34-25(31)33)14-28-16(2)32/h4-10,13,21,25,27,33H,3,11-12,14-15H2,1-2H3,(H,28,32)(H,29,30)/t21-,25?/m0/s1. The summed E-state index contributed by atoms with van der Waals surface area (Å²) in [4.78, 5) is 20.2. The molecular weight excluding hydrogens is 437 g/mol. The van der Waals surface area contributed by atoms with E-state index in [2.05, 4.69) is 27.5 Å². The number of hydrogen-bond acceptors (Lipinski definition) is 6. The summed E-state index contributed by atoms with van der Waals surface area (Å²) in [5.41, 5.74) is 3.92. The van der Waals surface area contributed by atoms with E-state index in [1.165, 1.54) is 13.0 Å². The number of anilines is 1. The van der Waals surface area contributed by atoms with E-state index in [4.69, 9.17) is 4.74 Å². The Kier molecular flexibility index (Phi) is 7.56. The highest BCUT2D eigenvalue weighted by atomic mass is 19.1. The molecule has 1 aliphatic heterocycles. The summed E-state index contributed by atoms with van der Waals surface area (Å²) in [5, 5.41) is 16.2. The molecule has 2 atom stereocenters. The second-order valence-corrected chi connectivity index (χ2v) is 8.35. The van der Waals surface area contributed by atoms with Crippen molar-refractivity contribution in [2.24, 2.45) is 0 Å². The lowest BCUT2D eigenvalue weighted by molar-refractivity contribution is -0.121. The monoisotopic (exact) mass is 467 g/mol. The largest absolute Gasteiger partial charge is 0.354 e. The molecule has 3 aromatic rings. The number of amides is 1. The van der Waals surface area contributed by atoms with Gasteiger partial charge in [-0.3, -0.25) is 4.79 Å². The zero-order chi connectivity index (χ0) is 24.1. The van der Waals surface area contributed by atoms with Gasteiger partial charge in [0.2, 0.25) is 12.3 Å². The number of aliphatic hydroxyl groups is 1. The topological polar surface area (TPSA) is 103 Å². The SMILES string of the molecule is CCc1ncc(CNCc2ccc(-c3ccc(N4C[C@H](CNC(C)=O)OC4O)cc3F)cc2)[nH]1. The first-order chi connectivity index (χ1) is 16.4.